The molecule has 2 saturated carbocycles. The summed E-state index contributed by atoms with van der Waals surface area (Å²) in [4.78, 5) is 12.5. The van der Waals surface area contributed by atoms with Crippen LogP contribution in [0.15, 0.2) is 17.0 Å². The van der Waals surface area contributed by atoms with E-state index >= 15 is 0 Å². The molecule has 3 rings (SSSR count). The molecule has 2 fully saturated rings. The smallest absolute Gasteiger partial charge is 0.348 e. The maximum Gasteiger partial charge on any atom is 0.417 e. The van der Waals surface area contributed by atoms with Gasteiger partial charge in [0.15, 0.2) is 0 Å². The molecule has 0 spiro atoms. The third-order valence-electron chi connectivity index (χ3n) is 5.82. The predicted molar refractivity (Wildman–Crippen MR) is 103 cm³/mol. The van der Waals surface area contributed by atoms with Crippen molar-refractivity contribution < 1.29 is 31.1 Å². The number of benzene rings is 1. The first-order valence-corrected chi connectivity index (χ1v) is 11.2. The highest BCUT2D eigenvalue weighted by Crippen LogP contribution is 2.41. The number of rotatable bonds is 5. The lowest BCUT2D eigenvalue weighted by molar-refractivity contribution is -0.143. The number of halogens is 6. The topological polar surface area (TPSA) is 41.1 Å². The second kappa shape index (κ2) is 8.98. The first kappa shape index (κ1) is 23.2. The van der Waals surface area contributed by atoms with Gasteiger partial charge in [-0.05, 0) is 50.5 Å². The molecule has 1 aromatic carbocycles. The molecule has 0 radical (unpaired) electrons. The van der Waals surface area contributed by atoms with Crippen molar-refractivity contribution in [2.24, 2.45) is 0 Å². The van der Waals surface area contributed by atoms with Crippen LogP contribution in [0.2, 0.25) is 0 Å². The Kier molecular flexibility index (Phi) is 6.96. The Bertz CT molecular complexity index is 774. The minimum Gasteiger partial charge on any atom is -0.348 e. The number of alkyl halides is 6. The third-order valence-corrected chi connectivity index (χ3v) is 6.58. The van der Waals surface area contributed by atoms with Crippen molar-refractivity contribution >= 4 is 17.7 Å². The van der Waals surface area contributed by atoms with E-state index in [9.17, 15) is 31.1 Å². The summed E-state index contributed by atoms with van der Waals surface area (Å²) in [6, 6.07) is 0.579. The Hall–Kier alpha value is -1.42. The normalized spacial score (nSPS) is 23.2. The van der Waals surface area contributed by atoms with Gasteiger partial charge in [-0.15, -0.1) is 11.8 Å². The van der Waals surface area contributed by atoms with Crippen LogP contribution >= 0.6 is 11.8 Å². The fraction of sp³-hybridized carbons (Fsp3) is 0.650. The van der Waals surface area contributed by atoms with Crippen LogP contribution in [0.3, 0.4) is 0 Å². The highest BCUT2D eigenvalue weighted by atomic mass is 32.2. The number of thioether (sulfide) groups is 1. The van der Waals surface area contributed by atoms with Crippen LogP contribution in [-0.2, 0) is 12.4 Å². The highest BCUT2D eigenvalue weighted by molar-refractivity contribution is 7.98. The van der Waals surface area contributed by atoms with Crippen LogP contribution in [0.25, 0.3) is 0 Å². The van der Waals surface area contributed by atoms with Gasteiger partial charge in [0.05, 0.1) is 16.7 Å². The Morgan fingerprint density at radius 3 is 2.13 bits per heavy atom. The molecule has 30 heavy (non-hydrogen) atoms. The zero-order chi connectivity index (χ0) is 22.1. The van der Waals surface area contributed by atoms with Gasteiger partial charge >= 0.3 is 12.4 Å². The summed E-state index contributed by atoms with van der Waals surface area (Å²) < 4.78 is 80.0. The van der Waals surface area contributed by atoms with Crippen LogP contribution < -0.4 is 10.6 Å². The lowest BCUT2D eigenvalue weighted by Gasteiger charge is -2.26. The molecule has 168 valence electrons. The number of nitrogens with one attached hydrogen (secondary N) is 2. The van der Waals surface area contributed by atoms with E-state index in [1.165, 1.54) is 6.26 Å². The molecule has 2 aliphatic carbocycles. The molecule has 0 aromatic heterocycles. The third kappa shape index (κ3) is 5.25. The summed E-state index contributed by atoms with van der Waals surface area (Å²) in [5.41, 5.74) is -3.72. The molecule has 2 N–H and O–H groups in total. The van der Waals surface area contributed by atoms with E-state index in [1.54, 1.807) is 0 Å². The maximum absolute atomic E-state index is 13.6. The lowest BCUT2D eigenvalue weighted by atomic mass is 10.0. The van der Waals surface area contributed by atoms with E-state index in [1.807, 2.05) is 0 Å². The van der Waals surface area contributed by atoms with Crippen LogP contribution in [-0.4, -0.2) is 30.3 Å². The van der Waals surface area contributed by atoms with E-state index in [4.69, 9.17) is 0 Å². The molecule has 0 bridgehead atoms. The minimum absolute atomic E-state index is 0.0253. The second-order valence-corrected chi connectivity index (χ2v) is 8.71. The second-order valence-electron chi connectivity index (χ2n) is 7.86. The van der Waals surface area contributed by atoms with Crippen LogP contribution in [0.1, 0.15) is 66.4 Å². The molecule has 1 amide bonds. The molecule has 2 aliphatic rings. The molecule has 10 heteroatoms. The minimum atomic E-state index is -5.09. The summed E-state index contributed by atoms with van der Waals surface area (Å²) >= 11 is 0.693. The zero-order valence-electron chi connectivity index (χ0n) is 16.4. The fourth-order valence-corrected chi connectivity index (χ4v) is 5.02. The summed E-state index contributed by atoms with van der Waals surface area (Å²) in [7, 11) is 0. The van der Waals surface area contributed by atoms with Gasteiger partial charge < -0.3 is 10.6 Å². The van der Waals surface area contributed by atoms with Gasteiger partial charge in [-0.3, -0.25) is 4.79 Å². The number of carbonyl (C=O) groups excluding carboxylic acids is 1. The lowest BCUT2D eigenvalue weighted by Crippen LogP contribution is -2.49. The summed E-state index contributed by atoms with van der Waals surface area (Å²) in [6.07, 6.45) is -2.12. The fourth-order valence-electron chi connectivity index (χ4n) is 4.37. The highest BCUT2D eigenvalue weighted by Gasteiger charge is 2.42. The molecular weight excluding hydrogens is 430 g/mol. The number of amides is 1. The predicted octanol–water partition coefficient (Wildman–Crippen LogP) is 5.63. The molecule has 0 heterocycles. The quantitative estimate of drug-likeness (QED) is 0.448. The van der Waals surface area contributed by atoms with Gasteiger partial charge in [0.2, 0.25) is 0 Å². The summed E-state index contributed by atoms with van der Waals surface area (Å²) in [5.74, 6) is -0.981. The molecule has 1 unspecified atom stereocenters. The van der Waals surface area contributed by atoms with Gasteiger partial charge in [0.1, 0.15) is 0 Å². The van der Waals surface area contributed by atoms with Crippen LogP contribution in [0.4, 0.5) is 26.3 Å². The Morgan fingerprint density at radius 2 is 1.57 bits per heavy atom. The number of hydrogen-bond donors (Lipinski definition) is 2. The average molecular weight is 454 g/mol. The zero-order valence-corrected chi connectivity index (χ0v) is 17.2. The van der Waals surface area contributed by atoms with Crippen molar-refractivity contribution in [3.8, 4) is 0 Å². The molecule has 0 saturated heterocycles. The van der Waals surface area contributed by atoms with Crippen molar-refractivity contribution in [3.63, 3.8) is 0 Å². The number of hydrogen-bond acceptors (Lipinski definition) is 3. The Morgan fingerprint density at radius 1 is 0.933 bits per heavy atom. The van der Waals surface area contributed by atoms with Crippen molar-refractivity contribution in [1.82, 2.24) is 10.6 Å². The first-order valence-electron chi connectivity index (χ1n) is 9.94. The van der Waals surface area contributed by atoms with Gasteiger partial charge in [-0.1, -0.05) is 12.8 Å². The van der Waals surface area contributed by atoms with Gasteiger partial charge in [0, 0.05) is 23.0 Å². The Balaban J connectivity index is 1.88. The van der Waals surface area contributed by atoms with Gasteiger partial charge in [-0.25, -0.2) is 0 Å². The van der Waals surface area contributed by atoms with E-state index in [0.29, 0.717) is 30.3 Å². The van der Waals surface area contributed by atoms with Crippen molar-refractivity contribution in [2.75, 3.05) is 6.26 Å². The number of carbonyl (C=O) groups is 1. The van der Waals surface area contributed by atoms with E-state index < -0.39 is 35.0 Å². The van der Waals surface area contributed by atoms with Gasteiger partial charge in [0.25, 0.3) is 5.91 Å². The first-order chi connectivity index (χ1) is 14.0. The van der Waals surface area contributed by atoms with Gasteiger partial charge in [-0.2, -0.15) is 26.3 Å². The van der Waals surface area contributed by atoms with Crippen molar-refractivity contribution in [3.05, 3.63) is 28.8 Å². The molecule has 2 atom stereocenters. The SMILES string of the molecule is CSc1cc(C(F)(F)F)cc(C(F)(F)F)c1C(=O)NC1CCC[C@H]1NC1CCCC1. The van der Waals surface area contributed by atoms with Crippen LogP contribution in [0.5, 0.6) is 0 Å². The van der Waals surface area contributed by atoms with Crippen molar-refractivity contribution in [1.29, 1.82) is 0 Å². The van der Waals surface area contributed by atoms with E-state index in [2.05, 4.69) is 10.6 Å². The largest absolute Gasteiger partial charge is 0.417 e. The standard InChI is InChI=1S/C20H24F6N2OS/c1-30-16-10-11(19(21,22)23)9-13(20(24,25)26)17(16)18(29)28-15-8-4-7-14(15)27-12-5-2-3-6-12/h9-10,12,14-15,27H,2-8H2,1H3,(H,28,29)/t14-,15?/m1/s1. The molecular formula is C20H24F6N2OS. The Labute approximate surface area is 175 Å². The molecule has 3 nitrogen and oxygen atoms in total. The average Bonchev–Trinajstić information content (AvgIpc) is 3.32. The van der Waals surface area contributed by atoms with E-state index in [0.717, 1.165) is 38.5 Å². The maximum atomic E-state index is 13.6. The summed E-state index contributed by atoms with van der Waals surface area (Å²) in [6.45, 7) is 0. The molecule has 0 aliphatic heterocycles. The molecule has 1 aromatic rings. The van der Waals surface area contributed by atoms with E-state index in [-0.39, 0.29) is 23.0 Å². The van der Waals surface area contributed by atoms with Crippen LogP contribution in [0, 0.1) is 0 Å². The van der Waals surface area contributed by atoms with Crippen molar-refractivity contribution in [2.45, 2.75) is 80.3 Å². The monoisotopic (exact) mass is 454 g/mol. The summed E-state index contributed by atoms with van der Waals surface area (Å²) in [5, 5.41) is 6.16.